The molecule has 0 bridgehead atoms. The van der Waals surface area contributed by atoms with Crippen LogP contribution in [0.15, 0.2) is 0 Å². The summed E-state index contributed by atoms with van der Waals surface area (Å²) < 4.78 is 12.0. The van der Waals surface area contributed by atoms with Crippen LogP contribution in [0.3, 0.4) is 0 Å². The minimum Gasteiger partial charge on any atom is -0.396 e. The van der Waals surface area contributed by atoms with Crippen LogP contribution in [-0.2, 0) is 8.85 Å². The molecule has 4 heteroatoms. The third kappa shape index (κ3) is 6.30. The SMILES string of the molecule is CC[Si](CCCO)(OC(C)C)OC(C)C. The summed E-state index contributed by atoms with van der Waals surface area (Å²) in [4.78, 5) is 0. The molecular weight excluding hydrogens is 208 g/mol. The highest BCUT2D eigenvalue weighted by Crippen LogP contribution is 2.24. The highest BCUT2D eigenvalue weighted by Gasteiger charge is 2.36. The van der Waals surface area contributed by atoms with Gasteiger partial charge in [-0.2, -0.15) is 0 Å². The van der Waals surface area contributed by atoms with Gasteiger partial charge in [-0.25, -0.2) is 0 Å². The number of aliphatic hydroxyl groups is 1. The average molecular weight is 234 g/mol. The van der Waals surface area contributed by atoms with Crippen molar-refractivity contribution >= 4 is 8.56 Å². The summed E-state index contributed by atoms with van der Waals surface area (Å²) in [5, 5.41) is 8.90. The molecule has 92 valence electrons. The molecule has 0 radical (unpaired) electrons. The standard InChI is InChI=1S/C11H26O3Si/c1-6-15(9-7-8-12,13-10(2)3)14-11(4)5/h10-12H,6-9H2,1-5H3. The van der Waals surface area contributed by atoms with E-state index < -0.39 is 8.56 Å². The summed E-state index contributed by atoms with van der Waals surface area (Å²) in [5.74, 6) is 0. The topological polar surface area (TPSA) is 38.7 Å². The van der Waals surface area contributed by atoms with Crippen molar-refractivity contribution in [1.29, 1.82) is 0 Å². The Hall–Kier alpha value is 0.0969. The lowest BCUT2D eigenvalue weighted by molar-refractivity contribution is 0.103. The van der Waals surface area contributed by atoms with E-state index in [1.807, 2.05) is 27.7 Å². The van der Waals surface area contributed by atoms with Gasteiger partial charge in [0.05, 0.1) is 0 Å². The Balaban J connectivity index is 4.44. The summed E-state index contributed by atoms with van der Waals surface area (Å²) >= 11 is 0. The van der Waals surface area contributed by atoms with Gasteiger partial charge in [-0.05, 0) is 46.2 Å². The molecule has 0 fully saturated rings. The zero-order chi connectivity index (χ0) is 11.9. The minimum atomic E-state index is -2.08. The summed E-state index contributed by atoms with van der Waals surface area (Å²) in [5.41, 5.74) is 0. The molecule has 0 saturated carbocycles. The third-order valence-corrected chi connectivity index (χ3v) is 6.15. The molecule has 0 rings (SSSR count). The molecule has 0 aliphatic heterocycles. The van der Waals surface area contributed by atoms with Gasteiger partial charge in [0.25, 0.3) is 0 Å². The molecule has 0 aliphatic carbocycles. The molecule has 0 heterocycles. The van der Waals surface area contributed by atoms with Crippen LogP contribution in [0.1, 0.15) is 41.0 Å². The third-order valence-electron chi connectivity index (χ3n) is 2.16. The Bertz CT molecular complexity index is 150. The fraction of sp³-hybridized carbons (Fsp3) is 1.00. The van der Waals surface area contributed by atoms with E-state index in [2.05, 4.69) is 6.92 Å². The predicted molar refractivity (Wildman–Crippen MR) is 65.2 cm³/mol. The Labute approximate surface area is 95.0 Å². The van der Waals surface area contributed by atoms with Crippen molar-refractivity contribution in [2.75, 3.05) is 6.61 Å². The number of hydrogen-bond donors (Lipinski definition) is 1. The lowest BCUT2D eigenvalue weighted by atomic mass is 10.5. The van der Waals surface area contributed by atoms with E-state index in [1.54, 1.807) is 0 Å². The average Bonchev–Trinajstić information content (AvgIpc) is 2.12. The zero-order valence-corrected chi connectivity index (χ0v) is 11.7. The molecule has 3 nitrogen and oxygen atoms in total. The van der Waals surface area contributed by atoms with Crippen LogP contribution >= 0.6 is 0 Å². The van der Waals surface area contributed by atoms with Gasteiger partial charge in [-0.15, -0.1) is 0 Å². The van der Waals surface area contributed by atoms with E-state index in [0.717, 1.165) is 18.5 Å². The first kappa shape index (κ1) is 15.1. The molecule has 0 unspecified atom stereocenters. The molecule has 0 aliphatic rings. The molecular formula is C11H26O3Si. The summed E-state index contributed by atoms with van der Waals surface area (Å²) in [6.07, 6.45) is 1.18. The Morgan fingerprint density at radius 3 is 1.80 bits per heavy atom. The van der Waals surface area contributed by atoms with Crippen LogP contribution in [0.5, 0.6) is 0 Å². The maximum absolute atomic E-state index is 8.90. The smallest absolute Gasteiger partial charge is 0.338 e. The number of rotatable bonds is 8. The van der Waals surface area contributed by atoms with Gasteiger partial charge < -0.3 is 14.0 Å². The fourth-order valence-electron chi connectivity index (χ4n) is 1.70. The van der Waals surface area contributed by atoms with E-state index >= 15 is 0 Å². The van der Waals surface area contributed by atoms with Crippen LogP contribution in [0.4, 0.5) is 0 Å². The quantitative estimate of drug-likeness (QED) is 0.656. The minimum absolute atomic E-state index is 0.203. The number of aliphatic hydroxyl groups excluding tert-OH is 1. The molecule has 0 saturated heterocycles. The van der Waals surface area contributed by atoms with Crippen LogP contribution < -0.4 is 0 Å². The van der Waals surface area contributed by atoms with Gasteiger partial charge in [0, 0.05) is 18.8 Å². The summed E-state index contributed by atoms with van der Waals surface area (Å²) in [7, 11) is -2.08. The Morgan fingerprint density at radius 2 is 1.53 bits per heavy atom. The lowest BCUT2D eigenvalue weighted by Crippen LogP contribution is -2.45. The highest BCUT2D eigenvalue weighted by molar-refractivity contribution is 6.67. The maximum Gasteiger partial charge on any atom is 0.338 e. The van der Waals surface area contributed by atoms with E-state index in [9.17, 15) is 0 Å². The molecule has 0 atom stereocenters. The van der Waals surface area contributed by atoms with Crippen LogP contribution in [0, 0.1) is 0 Å². The zero-order valence-electron chi connectivity index (χ0n) is 10.7. The van der Waals surface area contributed by atoms with Crippen molar-refractivity contribution in [3.63, 3.8) is 0 Å². The van der Waals surface area contributed by atoms with Gasteiger partial charge in [-0.1, -0.05) is 6.92 Å². The monoisotopic (exact) mass is 234 g/mol. The maximum atomic E-state index is 8.90. The van der Waals surface area contributed by atoms with E-state index in [-0.39, 0.29) is 18.8 Å². The van der Waals surface area contributed by atoms with E-state index in [1.165, 1.54) is 0 Å². The van der Waals surface area contributed by atoms with Gasteiger partial charge in [0.1, 0.15) is 0 Å². The first-order valence-corrected chi connectivity index (χ1v) is 8.15. The first-order chi connectivity index (χ1) is 6.95. The largest absolute Gasteiger partial charge is 0.396 e. The van der Waals surface area contributed by atoms with Gasteiger partial charge in [0.2, 0.25) is 0 Å². The second-order valence-corrected chi connectivity index (χ2v) is 7.92. The van der Waals surface area contributed by atoms with Crippen LogP contribution in [-0.4, -0.2) is 32.5 Å². The first-order valence-electron chi connectivity index (χ1n) is 5.92. The van der Waals surface area contributed by atoms with Gasteiger partial charge >= 0.3 is 8.56 Å². The summed E-state index contributed by atoms with van der Waals surface area (Å²) in [6.45, 7) is 10.5. The van der Waals surface area contributed by atoms with Crippen molar-refractivity contribution < 1.29 is 14.0 Å². The fourth-order valence-corrected chi connectivity index (χ4v) is 5.09. The van der Waals surface area contributed by atoms with E-state index in [4.69, 9.17) is 14.0 Å². The van der Waals surface area contributed by atoms with Crippen molar-refractivity contribution in [2.24, 2.45) is 0 Å². The van der Waals surface area contributed by atoms with E-state index in [0.29, 0.717) is 0 Å². The van der Waals surface area contributed by atoms with Crippen molar-refractivity contribution in [3.8, 4) is 0 Å². The Morgan fingerprint density at radius 1 is 1.07 bits per heavy atom. The van der Waals surface area contributed by atoms with Crippen molar-refractivity contribution in [2.45, 2.75) is 65.3 Å². The molecule has 1 N–H and O–H groups in total. The molecule has 0 spiro atoms. The molecule has 0 amide bonds. The van der Waals surface area contributed by atoms with Crippen molar-refractivity contribution in [1.82, 2.24) is 0 Å². The second kappa shape index (κ2) is 7.38. The number of hydrogen-bond acceptors (Lipinski definition) is 3. The normalized spacial score (nSPS) is 12.8. The molecule has 15 heavy (non-hydrogen) atoms. The molecule has 0 aromatic carbocycles. The van der Waals surface area contributed by atoms with Crippen molar-refractivity contribution in [3.05, 3.63) is 0 Å². The van der Waals surface area contributed by atoms with Crippen LogP contribution in [0.25, 0.3) is 0 Å². The second-order valence-electron chi connectivity index (χ2n) is 4.42. The van der Waals surface area contributed by atoms with Crippen LogP contribution in [0.2, 0.25) is 12.1 Å². The Kier molecular flexibility index (Phi) is 7.43. The summed E-state index contributed by atoms with van der Waals surface area (Å²) in [6, 6.07) is 1.83. The van der Waals surface area contributed by atoms with Gasteiger partial charge in [-0.3, -0.25) is 0 Å². The highest BCUT2D eigenvalue weighted by atomic mass is 28.4. The molecule has 0 aromatic heterocycles. The molecule has 0 aromatic rings. The lowest BCUT2D eigenvalue weighted by Gasteiger charge is -2.33. The van der Waals surface area contributed by atoms with Gasteiger partial charge in [0.15, 0.2) is 0 Å². The predicted octanol–water partition coefficient (Wildman–Crippen LogP) is 2.68.